The third-order valence-electron chi connectivity index (χ3n) is 5.08. The fourth-order valence-corrected chi connectivity index (χ4v) is 4.77. The lowest BCUT2D eigenvalue weighted by molar-refractivity contribution is -0.114. The van der Waals surface area contributed by atoms with Crippen molar-refractivity contribution in [3.63, 3.8) is 0 Å². The first-order valence-corrected chi connectivity index (χ1v) is 11.6. The monoisotopic (exact) mass is 482 g/mol. The van der Waals surface area contributed by atoms with E-state index in [0.717, 1.165) is 16.0 Å². The molecule has 1 N–H and O–H groups in total. The third kappa shape index (κ3) is 5.18. The second-order valence-corrected chi connectivity index (χ2v) is 9.30. The minimum absolute atomic E-state index is 0.122. The minimum atomic E-state index is -0.173. The zero-order valence-corrected chi connectivity index (χ0v) is 19.6. The van der Waals surface area contributed by atoms with Gasteiger partial charge in [0.05, 0.1) is 10.6 Å². The van der Waals surface area contributed by atoms with Gasteiger partial charge in [-0.2, -0.15) is 0 Å². The van der Waals surface area contributed by atoms with Crippen LogP contribution in [0.2, 0.25) is 10.0 Å². The van der Waals surface area contributed by atoms with Crippen LogP contribution in [-0.2, 0) is 11.2 Å². The summed E-state index contributed by atoms with van der Waals surface area (Å²) < 4.78 is 0. The molecule has 3 aromatic rings. The first kappa shape index (κ1) is 22.5. The van der Waals surface area contributed by atoms with Crippen LogP contribution in [0.15, 0.2) is 76.5 Å². The molecule has 0 saturated heterocycles. The molecule has 32 heavy (non-hydrogen) atoms. The van der Waals surface area contributed by atoms with Crippen LogP contribution in [0, 0.1) is 0 Å². The zero-order valence-electron chi connectivity index (χ0n) is 17.3. The second kappa shape index (κ2) is 9.82. The van der Waals surface area contributed by atoms with Gasteiger partial charge in [0.15, 0.2) is 0 Å². The van der Waals surface area contributed by atoms with Crippen molar-refractivity contribution in [3.8, 4) is 0 Å². The summed E-state index contributed by atoms with van der Waals surface area (Å²) in [7, 11) is 1.72. The number of nitrogens with one attached hydrogen (secondary N) is 1. The Morgan fingerprint density at radius 1 is 1.03 bits per heavy atom. The molecule has 0 unspecified atom stereocenters. The number of benzene rings is 3. The number of amides is 2. The summed E-state index contributed by atoms with van der Waals surface area (Å²) in [4.78, 5) is 28.6. The van der Waals surface area contributed by atoms with Crippen LogP contribution in [-0.4, -0.2) is 25.4 Å². The Labute approximate surface area is 201 Å². The molecule has 3 aromatic carbocycles. The maximum absolute atomic E-state index is 12.9. The molecular weight excluding hydrogens is 463 g/mol. The number of thioether (sulfide) groups is 1. The Morgan fingerprint density at radius 3 is 2.56 bits per heavy atom. The Bertz CT molecular complexity index is 1210. The van der Waals surface area contributed by atoms with Gasteiger partial charge in [-0.25, -0.2) is 0 Å². The van der Waals surface area contributed by atoms with E-state index < -0.39 is 0 Å². The largest absolute Gasteiger partial charge is 0.352 e. The number of fused-ring (bicyclic) bond motifs is 1. The van der Waals surface area contributed by atoms with Crippen molar-refractivity contribution in [2.24, 2.45) is 0 Å². The fraction of sp³-hybridized carbons (Fsp3) is 0.120. The first-order valence-electron chi connectivity index (χ1n) is 10.0. The van der Waals surface area contributed by atoms with Crippen LogP contribution >= 0.6 is 35.0 Å². The highest BCUT2D eigenvalue weighted by Crippen LogP contribution is 2.42. The summed E-state index contributed by atoms with van der Waals surface area (Å²) in [6.45, 7) is 0.508. The number of halogens is 2. The van der Waals surface area contributed by atoms with Crippen LogP contribution < -0.4 is 10.2 Å². The van der Waals surface area contributed by atoms with Crippen molar-refractivity contribution >= 4 is 58.5 Å². The smallest absolute Gasteiger partial charge is 0.264 e. The number of hydrogen-bond acceptors (Lipinski definition) is 3. The van der Waals surface area contributed by atoms with Crippen LogP contribution in [0.3, 0.4) is 0 Å². The van der Waals surface area contributed by atoms with Crippen LogP contribution in [0.4, 0.5) is 5.69 Å². The number of carbonyl (C=O) groups is 2. The van der Waals surface area contributed by atoms with E-state index in [2.05, 4.69) is 5.32 Å². The van der Waals surface area contributed by atoms with Crippen molar-refractivity contribution in [2.45, 2.75) is 11.3 Å². The molecule has 0 spiro atoms. The summed E-state index contributed by atoms with van der Waals surface area (Å²) in [5.74, 6) is -0.296. The SMILES string of the molecule is CN1C(=O)/C(=C/c2cccc(Cl)c2)Sc2ccc(C(=O)NCCc3ccc(Cl)cc3)cc21. The van der Waals surface area contributed by atoms with Crippen molar-refractivity contribution in [1.82, 2.24) is 5.32 Å². The topological polar surface area (TPSA) is 49.4 Å². The lowest BCUT2D eigenvalue weighted by atomic mass is 10.1. The molecule has 0 fully saturated rings. The number of likely N-dealkylation sites (N-methyl/N-ethyl adjacent to an activating group) is 1. The van der Waals surface area contributed by atoms with Gasteiger partial charge >= 0.3 is 0 Å². The van der Waals surface area contributed by atoms with Crippen LogP contribution in [0.1, 0.15) is 21.5 Å². The van der Waals surface area contributed by atoms with Crippen molar-refractivity contribution in [2.75, 3.05) is 18.5 Å². The Morgan fingerprint density at radius 2 is 1.81 bits per heavy atom. The molecule has 0 atom stereocenters. The maximum Gasteiger partial charge on any atom is 0.264 e. The van der Waals surface area contributed by atoms with Crippen molar-refractivity contribution < 1.29 is 9.59 Å². The van der Waals surface area contributed by atoms with E-state index >= 15 is 0 Å². The molecule has 0 radical (unpaired) electrons. The number of nitrogens with zero attached hydrogens (tertiary/aromatic N) is 1. The lowest BCUT2D eigenvalue weighted by Crippen LogP contribution is -2.31. The fourth-order valence-electron chi connectivity index (χ4n) is 3.36. The average molecular weight is 483 g/mol. The number of hydrogen-bond donors (Lipinski definition) is 1. The summed E-state index contributed by atoms with van der Waals surface area (Å²) in [6, 6.07) is 20.3. The lowest BCUT2D eigenvalue weighted by Gasteiger charge is -2.27. The molecule has 0 aromatic heterocycles. The van der Waals surface area contributed by atoms with Gasteiger partial charge in [0.25, 0.3) is 11.8 Å². The Hall–Kier alpha value is -2.73. The van der Waals surface area contributed by atoms with Gasteiger partial charge in [-0.05, 0) is 66.1 Å². The number of rotatable bonds is 5. The molecule has 4 nitrogen and oxygen atoms in total. The van der Waals surface area contributed by atoms with E-state index in [-0.39, 0.29) is 11.8 Å². The van der Waals surface area contributed by atoms with Crippen LogP contribution in [0.5, 0.6) is 0 Å². The molecule has 1 aliphatic heterocycles. The zero-order chi connectivity index (χ0) is 22.7. The van der Waals surface area contributed by atoms with Gasteiger partial charge in [-0.1, -0.05) is 59.2 Å². The molecule has 1 heterocycles. The van der Waals surface area contributed by atoms with E-state index in [9.17, 15) is 9.59 Å². The third-order valence-corrected chi connectivity index (χ3v) is 6.64. The Balaban J connectivity index is 1.46. The molecule has 0 saturated carbocycles. The average Bonchev–Trinajstić information content (AvgIpc) is 2.78. The molecular formula is C25H20Cl2N2O2S. The molecule has 2 amide bonds. The maximum atomic E-state index is 12.9. The van der Waals surface area contributed by atoms with Gasteiger partial charge in [0, 0.05) is 34.1 Å². The first-order chi connectivity index (χ1) is 15.4. The van der Waals surface area contributed by atoms with Crippen LogP contribution in [0.25, 0.3) is 6.08 Å². The van der Waals surface area contributed by atoms with Gasteiger partial charge in [0.2, 0.25) is 0 Å². The minimum Gasteiger partial charge on any atom is -0.352 e. The summed E-state index contributed by atoms with van der Waals surface area (Å²) >= 11 is 13.4. The van der Waals surface area contributed by atoms with E-state index in [1.165, 1.54) is 11.8 Å². The highest BCUT2D eigenvalue weighted by atomic mass is 35.5. The van der Waals surface area contributed by atoms with Gasteiger partial charge < -0.3 is 10.2 Å². The van der Waals surface area contributed by atoms with Gasteiger partial charge in [0.1, 0.15) is 0 Å². The van der Waals surface area contributed by atoms with E-state index in [4.69, 9.17) is 23.2 Å². The summed E-state index contributed by atoms with van der Waals surface area (Å²) in [6.07, 6.45) is 2.54. The molecule has 4 rings (SSSR count). The van der Waals surface area contributed by atoms with E-state index in [1.54, 1.807) is 30.1 Å². The van der Waals surface area contributed by atoms with Crippen molar-refractivity contribution in [3.05, 3.63) is 98.4 Å². The molecule has 162 valence electrons. The van der Waals surface area contributed by atoms with Crippen molar-refractivity contribution in [1.29, 1.82) is 0 Å². The number of carbonyl (C=O) groups excluding carboxylic acids is 2. The summed E-state index contributed by atoms with van der Waals surface area (Å²) in [5.41, 5.74) is 3.19. The highest BCUT2D eigenvalue weighted by molar-refractivity contribution is 8.04. The predicted molar refractivity (Wildman–Crippen MR) is 133 cm³/mol. The molecule has 7 heteroatoms. The number of anilines is 1. The van der Waals surface area contributed by atoms with E-state index in [1.807, 2.05) is 54.6 Å². The second-order valence-electron chi connectivity index (χ2n) is 7.34. The normalized spacial score (nSPS) is 14.4. The van der Waals surface area contributed by atoms with Gasteiger partial charge in [-0.15, -0.1) is 0 Å². The summed E-state index contributed by atoms with van der Waals surface area (Å²) in [5, 5.41) is 4.24. The highest BCUT2D eigenvalue weighted by Gasteiger charge is 2.27. The molecule has 0 bridgehead atoms. The quantitative estimate of drug-likeness (QED) is 0.448. The predicted octanol–water partition coefficient (Wildman–Crippen LogP) is 6.08. The molecule has 0 aliphatic carbocycles. The molecule has 1 aliphatic rings. The van der Waals surface area contributed by atoms with E-state index in [0.29, 0.717) is 39.2 Å². The van der Waals surface area contributed by atoms with Gasteiger partial charge in [-0.3, -0.25) is 9.59 Å². The standard InChI is InChI=1S/C25H20Cl2N2O2S/c1-29-21-15-18(24(30)28-12-11-16-5-8-19(26)9-6-16)7-10-22(21)32-23(25(29)31)14-17-3-2-4-20(27)13-17/h2-10,13-15H,11-12H2,1H3,(H,28,30)/b23-14-. The Kier molecular flexibility index (Phi) is 6.89.